The van der Waals surface area contributed by atoms with Crippen LogP contribution in [0.1, 0.15) is 25.3 Å². The van der Waals surface area contributed by atoms with Crippen molar-refractivity contribution in [2.75, 3.05) is 0 Å². The van der Waals surface area contributed by atoms with Gasteiger partial charge < -0.3 is 0 Å². The van der Waals surface area contributed by atoms with Gasteiger partial charge in [-0.25, -0.2) is 4.57 Å². The largest absolute Gasteiger partial charge is 0.298 e. The molecule has 0 radical (unpaired) electrons. The maximum Gasteiger partial charge on any atom is 0.176 e. The molecule has 0 aromatic carbocycles. The van der Waals surface area contributed by atoms with Crippen molar-refractivity contribution in [2.24, 2.45) is 0 Å². The number of hydrogen-bond acceptors (Lipinski definition) is 1. The fourth-order valence-corrected chi connectivity index (χ4v) is 2.96. The van der Waals surface area contributed by atoms with E-state index in [-0.39, 0.29) is 3.92 Å². The molecule has 1 aliphatic carbocycles. The van der Waals surface area contributed by atoms with Crippen molar-refractivity contribution in [2.45, 2.75) is 29.2 Å². The molecule has 1 fully saturated rings. The Morgan fingerprint density at radius 2 is 2.00 bits per heavy atom. The van der Waals surface area contributed by atoms with E-state index in [1.54, 1.807) is 0 Å². The molecule has 1 aromatic rings. The highest BCUT2D eigenvalue weighted by molar-refractivity contribution is 14.1. The topological polar surface area (TPSA) is 20.9 Å². The van der Waals surface area contributed by atoms with Gasteiger partial charge in [-0.15, -0.1) is 0 Å². The van der Waals surface area contributed by atoms with Gasteiger partial charge >= 0.3 is 0 Å². The number of carbonyl (C=O) groups is 1. The van der Waals surface area contributed by atoms with Gasteiger partial charge in [0.1, 0.15) is 3.92 Å². The van der Waals surface area contributed by atoms with Crippen LogP contribution in [0, 0.1) is 0 Å². The second-order valence-corrected chi connectivity index (χ2v) is 4.99. The van der Waals surface area contributed by atoms with Crippen LogP contribution in [-0.2, 0) is 4.79 Å². The molecule has 3 heteroatoms. The van der Waals surface area contributed by atoms with E-state index in [1.165, 1.54) is 0 Å². The van der Waals surface area contributed by atoms with Crippen molar-refractivity contribution in [3.63, 3.8) is 0 Å². The molecule has 0 amide bonds. The van der Waals surface area contributed by atoms with E-state index in [0.29, 0.717) is 11.8 Å². The average Bonchev–Trinajstić information content (AvgIpc) is 2.23. The molecule has 0 aliphatic heterocycles. The standard InChI is InChI=1S/C11H13INO/c12-11-9(5-4-6-10(11)14)13-7-2-1-3-8-13/h1-3,7-9,11H,4-6H2/q+1. The molecule has 0 N–H and O–H groups in total. The van der Waals surface area contributed by atoms with Crippen molar-refractivity contribution < 1.29 is 9.36 Å². The number of aromatic nitrogens is 1. The Morgan fingerprint density at radius 3 is 2.71 bits per heavy atom. The highest BCUT2D eigenvalue weighted by Gasteiger charge is 2.35. The minimum Gasteiger partial charge on any atom is -0.298 e. The lowest BCUT2D eigenvalue weighted by molar-refractivity contribution is -0.721. The maximum absolute atomic E-state index is 11.6. The number of Topliss-reactive ketones (excluding diaryl/α,β-unsaturated/α-hetero) is 1. The summed E-state index contributed by atoms with van der Waals surface area (Å²) in [4.78, 5) is 11.6. The number of carbonyl (C=O) groups excluding carboxylic acids is 1. The van der Waals surface area contributed by atoms with E-state index in [0.717, 1.165) is 19.3 Å². The first kappa shape index (κ1) is 10.1. The summed E-state index contributed by atoms with van der Waals surface area (Å²) < 4.78 is 2.31. The number of hydrogen-bond donors (Lipinski definition) is 0. The van der Waals surface area contributed by atoms with Crippen LogP contribution in [0.4, 0.5) is 0 Å². The zero-order valence-electron chi connectivity index (χ0n) is 7.90. The second-order valence-electron chi connectivity index (χ2n) is 3.65. The summed E-state index contributed by atoms with van der Waals surface area (Å²) in [7, 11) is 0. The number of pyridine rings is 1. The summed E-state index contributed by atoms with van der Waals surface area (Å²) in [6.45, 7) is 0. The van der Waals surface area contributed by atoms with Gasteiger partial charge in [-0.3, -0.25) is 4.79 Å². The van der Waals surface area contributed by atoms with Crippen LogP contribution in [0.15, 0.2) is 30.6 Å². The monoisotopic (exact) mass is 302 g/mol. The lowest BCUT2D eigenvalue weighted by Gasteiger charge is -2.21. The summed E-state index contributed by atoms with van der Waals surface area (Å²) in [6, 6.07) is 6.40. The maximum atomic E-state index is 11.6. The molecule has 2 atom stereocenters. The van der Waals surface area contributed by atoms with Crippen molar-refractivity contribution in [3.05, 3.63) is 30.6 Å². The van der Waals surface area contributed by atoms with Gasteiger partial charge in [0.15, 0.2) is 24.2 Å². The fourth-order valence-electron chi connectivity index (χ4n) is 1.92. The zero-order valence-corrected chi connectivity index (χ0v) is 10.1. The van der Waals surface area contributed by atoms with E-state index in [1.807, 2.05) is 18.2 Å². The van der Waals surface area contributed by atoms with E-state index in [2.05, 4.69) is 39.6 Å². The Kier molecular flexibility index (Phi) is 3.15. The van der Waals surface area contributed by atoms with Gasteiger partial charge in [-0.2, -0.15) is 0 Å². The molecule has 2 rings (SSSR count). The van der Waals surface area contributed by atoms with Gasteiger partial charge in [-0.05, 0) is 6.42 Å². The highest BCUT2D eigenvalue weighted by Crippen LogP contribution is 2.27. The molecular formula is C11H13INO+. The van der Waals surface area contributed by atoms with E-state index in [9.17, 15) is 4.79 Å². The van der Waals surface area contributed by atoms with E-state index >= 15 is 0 Å². The smallest absolute Gasteiger partial charge is 0.176 e. The number of halogens is 1. The van der Waals surface area contributed by atoms with Gasteiger partial charge in [0.2, 0.25) is 0 Å². The van der Waals surface area contributed by atoms with E-state index in [4.69, 9.17) is 0 Å². The molecule has 0 saturated heterocycles. The van der Waals surface area contributed by atoms with Crippen LogP contribution >= 0.6 is 22.6 Å². The number of ketones is 1. The van der Waals surface area contributed by atoms with Crippen LogP contribution < -0.4 is 4.57 Å². The Morgan fingerprint density at radius 1 is 1.29 bits per heavy atom. The molecule has 0 bridgehead atoms. The Balaban J connectivity index is 2.22. The van der Waals surface area contributed by atoms with Gasteiger partial charge in [0, 0.05) is 25.0 Å². The zero-order chi connectivity index (χ0) is 9.97. The molecule has 0 spiro atoms. The molecule has 1 saturated carbocycles. The van der Waals surface area contributed by atoms with Gasteiger partial charge in [0.25, 0.3) is 0 Å². The third-order valence-corrected chi connectivity index (χ3v) is 4.21. The first-order chi connectivity index (χ1) is 6.79. The first-order valence-electron chi connectivity index (χ1n) is 4.91. The van der Waals surface area contributed by atoms with E-state index < -0.39 is 0 Å². The summed E-state index contributed by atoms with van der Waals surface area (Å²) in [5.41, 5.74) is 0. The molecular weight excluding hydrogens is 289 g/mol. The minimum absolute atomic E-state index is 0.147. The quantitative estimate of drug-likeness (QED) is 0.442. The summed E-state index contributed by atoms with van der Waals surface area (Å²) >= 11 is 2.28. The highest BCUT2D eigenvalue weighted by atomic mass is 127. The SMILES string of the molecule is O=C1CCCC([n+]2ccccc2)C1I. The first-order valence-corrected chi connectivity index (χ1v) is 6.16. The third kappa shape index (κ3) is 1.97. The minimum atomic E-state index is 0.147. The Bertz CT molecular complexity index is 325. The summed E-state index contributed by atoms with van der Waals surface area (Å²) in [6.07, 6.45) is 7.01. The van der Waals surface area contributed by atoms with Crippen LogP contribution in [0.2, 0.25) is 0 Å². The lowest BCUT2D eigenvalue weighted by atomic mass is 9.94. The average molecular weight is 302 g/mol. The Labute approximate surface area is 97.5 Å². The van der Waals surface area contributed by atoms with Crippen LogP contribution in [0.3, 0.4) is 0 Å². The fraction of sp³-hybridized carbons (Fsp3) is 0.455. The van der Waals surface area contributed by atoms with Crippen LogP contribution in [0.5, 0.6) is 0 Å². The summed E-state index contributed by atoms with van der Waals surface area (Å²) in [5.74, 6) is 0.401. The van der Waals surface area contributed by atoms with Gasteiger partial charge in [-0.1, -0.05) is 28.7 Å². The lowest BCUT2D eigenvalue weighted by Crippen LogP contribution is -2.47. The summed E-state index contributed by atoms with van der Waals surface area (Å²) in [5, 5.41) is 0. The molecule has 1 aliphatic rings. The van der Waals surface area contributed by atoms with Crippen molar-refractivity contribution in [1.82, 2.24) is 0 Å². The predicted octanol–water partition coefficient (Wildman–Crippen LogP) is 2.07. The second kappa shape index (κ2) is 4.38. The molecule has 2 nitrogen and oxygen atoms in total. The normalized spacial score (nSPS) is 27.6. The van der Waals surface area contributed by atoms with Crippen molar-refractivity contribution in [1.29, 1.82) is 0 Å². The van der Waals surface area contributed by atoms with Crippen molar-refractivity contribution >= 4 is 28.4 Å². The Hall–Kier alpha value is -0.450. The molecule has 2 unspecified atom stereocenters. The van der Waals surface area contributed by atoms with Gasteiger partial charge in [0.05, 0.1) is 0 Å². The number of alkyl halides is 1. The molecule has 74 valence electrons. The molecule has 14 heavy (non-hydrogen) atoms. The van der Waals surface area contributed by atoms with Crippen molar-refractivity contribution in [3.8, 4) is 0 Å². The number of rotatable bonds is 1. The predicted molar refractivity (Wildman–Crippen MR) is 62.3 cm³/mol. The molecule has 1 heterocycles. The van der Waals surface area contributed by atoms with Crippen LogP contribution in [0.25, 0.3) is 0 Å². The third-order valence-electron chi connectivity index (χ3n) is 2.69. The number of nitrogens with zero attached hydrogens (tertiary/aromatic N) is 1. The molecule has 1 aromatic heterocycles. The van der Waals surface area contributed by atoms with Crippen LogP contribution in [-0.4, -0.2) is 9.71 Å².